The SMILES string of the molecule is COc1cccc(-c2cc(C(=S)NCC(=O)O)c3ccccc3n2)c1. The molecule has 0 aliphatic heterocycles. The van der Waals surface area contributed by atoms with Crippen LogP contribution in [0.5, 0.6) is 5.75 Å². The first kappa shape index (κ1) is 16.9. The van der Waals surface area contributed by atoms with E-state index in [2.05, 4.69) is 5.32 Å². The summed E-state index contributed by atoms with van der Waals surface area (Å²) in [6.07, 6.45) is 0. The zero-order valence-corrected chi connectivity index (χ0v) is 14.3. The van der Waals surface area contributed by atoms with Crippen molar-refractivity contribution in [1.29, 1.82) is 0 Å². The maximum atomic E-state index is 10.8. The fraction of sp³-hybridized carbons (Fsp3) is 0.105. The molecule has 0 aliphatic carbocycles. The molecule has 3 aromatic rings. The third kappa shape index (κ3) is 3.75. The van der Waals surface area contributed by atoms with Crippen LogP contribution in [-0.4, -0.2) is 34.7 Å². The number of hydrogen-bond donors (Lipinski definition) is 2. The van der Waals surface area contributed by atoms with Crippen LogP contribution < -0.4 is 10.1 Å². The number of aliphatic carboxylic acids is 1. The van der Waals surface area contributed by atoms with Crippen molar-refractivity contribution in [2.75, 3.05) is 13.7 Å². The number of thiocarbonyl (C=S) groups is 1. The molecule has 1 heterocycles. The van der Waals surface area contributed by atoms with Gasteiger partial charge in [-0.05, 0) is 24.3 Å². The predicted octanol–water partition coefficient (Wildman–Crippen LogP) is 3.26. The minimum absolute atomic E-state index is 0.232. The maximum absolute atomic E-state index is 10.8. The lowest BCUT2D eigenvalue weighted by Gasteiger charge is -2.12. The Hall–Kier alpha value is -2.99. The number of nitrogens with zero attached hydrogens (tertiary/aromatic N) is 1. The summed E-state index contributed by atoms with van der Waals surface area (Å²) in [4.78, 5) is 15.9. The number of benzene rings is 2. The van der Waals surface area contributed by atoms with Crippen LogP contribution in [0.4, 0.5) is 0 Å². The van der Waals surface area contributed by atoms with Gasteiger partial charge < -0.3 is 15.2 Å². The highest BCUT2D eigenvalue weighted by molar-refractivity contribution is 7.80. The summed E-state index contributed by atoms with van der Waals surface area (Å²) in [7, 11) is 1.61. The number of nitrogens with one attached hydrogen (secondary N) is 1. The Morgan fingerprint density at radius 3 is 2.76 bits per heavy atom. The molecule has 2 N–H and O–H groups in total. The van der Waals surface area contributed by atoms with Crippen molar-refractivity contribution >= 4 is 34.1 Å². The Labute approximate surface area is 150 Å². The molecule has 0 atom stereocenters. The molecule has 6 heteroatoms. The number of aromatic nitrogens is 1. The van der Waals surface area contributed by atoms with Crippen LogP contribution in [0, 0.1) is 0 Å². The lowest BCUT2D eigenvalue weighted by atomic mass is 10.0. The zero-order chi connectivity index (χ0) is 17.8. The van der Waals surface area contributed by atoms with Crippen LogP contribution in [0.1, 0.15) is 5.56 Å². The molecule has 25 heavy (non-hydrogen) atoms. The minimum Gasteiger partial charge on any atom is -0.497 e. The summed E-state index contributed by atoms with van der Waals surface area (Å²) in [5.41, 5.74) is 3.18. The Morgan fingerprint density at radius 2 is 2.00 bits per heavy atom. The van der Waals surface area contributed by atoms with E-state index in [1.165, 1.54) is 0 Å². The van der Waals surface area contributed by atoms with Gasteiger partial charge in [-0.2, -0.15) is 0 Å². The van der Waals surface area contributed by atoms with E-state index < -0.39 is 5.97 Å². The zero-order valence-electron chi connectivity index (χ0n) is 13.5. The van der Waals surface area contributed by atoms with Crippen molar-refractivity contribution in [3.63, 3.8) is 0 Å². The van der Waals surface area contributed by atoms with Crippen molar-refractivity contribution in [3.8, 4) is 17.0 Å². The topological polar surface area (TPSA) is 71.5 Å². The van der Waals surface area contributed by atoms with Gasteiger partial charge in [-0.1, -0.05) is 42.5 Å². The summed E-state index contributed by atoms with van der Waals surface area (Å²) in [5, 5.41) is 12.5. The van der Waals surface area contributed by atoms with Crippen LogP contribution in [0.2, 0.25) is 0 Å². The average molecular weight is 352 g/mol. The van der Waals surface area contributed by atoms with E-state index in [0.29, 0.717) is 4.99 Å². The number of pyridine rings is 1. The average Bonchev–Trinajstić information content (AvgIpc) is 2.65. The first-order valence-corrected chi connectivity index (χ1v) is 8.03. The quantitative estimate of drug-likeness (QED) is 0.687. The van der Waals surface area contributed by atoms with E-state index in [9.17, 15) is 4.79 Å². The number of carboxylic acid groups (broad SMARTS) is 1. The maximum Gasteiger partial charge on any atom is 0.322 e. The van der Waals surface area contributed by atoms with Crippen molar-refractivity contribution in [2.24, 2.45) is 0 Å². The van der Waals surface area contributed by atoms with E-state index in [4.69, 9.17) is 27.0 Å². The van der Waals surface area contributed by atoms with Gasteiger partial charge in [-0.3, -0.25) is 4.79 Å². The van der Waals surface area contributed by atoms with Crippen LogP contribution in [0.15, 0.2) is 54.6 Å². The Balaban J connectivity index is 2.11. The summed E-state index contributed by atoms with van der Waals surface area (Å²) < 4.78 is 5.28. The number of carbonyl (C=O) groups is 1. The molecule has 0 radical (unpaired) electrons. The molecule has 0 unspecified atom stereocenters. The van der Waals surface area contributed by atoms with Gasteiger partial charge in [0.25, 0.3) is 0 Å². The molecule has 0 bridgehead atoms. The minimum atomic E-state index is -0.964. The van der Waals surface area contributed by atoms with Crippen molar-refractivity contribution in [1.82, 2.24) is 10.3 Å². The van der Waals surface area contributed by atoms with E-state index >= 15 is 0 Å². The highest BCUT2D eigenvalue weighted by Crippen LogP contribution is 2.27. The van der Waals surface area contributed by atoms with Gasteiger partial charge in [0.15, 0.2) is 0 Å². The highest BCUT2D eigenvalue weighted by atomic mass is 32.1. The van der Waals surface area contributed by atoms with Gasteiger partial charge in [0.2, 0.25) is 0 Å². The molecule has 0 fully saturated rings. The molecular formula is C19H16N2O3S. The van der Waals surface area contributed by atoms with Gasteiger partial charge in [0.05, 0.1) is 18.3 Å². The first-order valence-electron chi connectivity index (χ1n) is 7.62. The van der Waals surface area contributed by atoms with Gasteiger partial charge in [-0.15, -0.1) is 0 Å². The highest BCUT2D eigenvalue weighted by Gasteiger charge is 2.12. The number of para-hydroxylation sites is 1. The van der Waals surface area contributed by atoms with Crippen molar-refractivity contribution in [2.45, 2.75) is 0 Å². The number of fused-ring (bicyclic) bond motifs is 1. The standard InChI is InChI=1S/C19H16N2O3S/c1-24-13-6-4-5-12(9-13)17-10-15(19(25)20-11-18(22)23)14-7-2-3-8-16(14)21-17/h2-10H,11H2,1H3,(H,20,25)(H,22,23). The van der Waals surface area contributed by atoms with Crippen LogP contribution in [-0.2, 0) is 4.79 Å². The lowest BCUT2D eigenvalue weighted by molar-refractivity contribution is -0.135. The number of carboxylic acids is 1. The molecule has 1 aromatic heterocycles. The van der Waals surface area contributed by atoms with E-state index in [1.54, 1.807) is 7.11 Å². The molecule has 0 spiro atoms. The Kier molecular flexibility index (Phi) is 4.90. The largest absolute Gasteiger partial charge is 0.497 e. The van der Waals surface area contributed by atoms with Crippen LogP contribution in [0.25, 0.3) is 22.2 Å². The third-order valence-electron chi connectivity index (χ3n) is 3.73. The van der Waals surface area contributed by atoms with E-state index in [1.807, 2.05) is 54.6 Å². The second-order valence-electron chi connectivity index (χ2n) is 5.38. The lowest BCUT2D eigenvalue weighted by Crippen LogP contribution is -2.28. The molecule has 0 saturated carbocycles. The normalized spacial score (nSPS) is 10.4. The smallest absolute Gasteiger partial charge is 0.322 e. The molecule has 2 aromatic carbocycles. The summed E-state index contributed by atoms with van der Waals surface area (Å²) >= 11 is 5.40. The Morgan fingerprint density at radius 1 is 1.20 bits per heavy atom. The van der Waals surface area contributed by atoms with E-state index in [-0.39, 0.29) is 6.54 Å². The Bertz CT molecular complexity index is 956. The molecule has 126 valence electrons. The van der Waals surface area contributed by atoms with Gasteiger partial charge in [0, 0.05) is 16.5 Å². The fourth-order valence-corrected chi connectivity index (χ4v) is 2.79. The number of hydrogen-bond acceptors (Lipinski definition) is 4. The monoisotopic (exact) mass is 352 g/mol. The molecule has 0 amide bonds. The predicted molar refractivity (Wildman–Crippen MR) is 101 cm³/mol. The summed E-state index contributed by atoms with van der Waals surface area (Å²) in [5.74, 6) is -0.227. The van der Waals surface area contributed by atoms with Gasteiger partial charge >= 0.3 is 5.97 Å². The molecule has 0 aliphatic rings. The molecule has 3 rings (SSSR count). The van der Waals surface area contributed by atoms with Gasteiger partial charge in [-0.25, -0.2) is 4.98 Å². The second kappa shape index (κ2) is 7.27. The van der Waals surface area contributed by atoms with E-state index in [0.717, 1.165) is 33.5 Å². The molecule has 5 nitrogen and oxygen atoms in total. The summed E-state index contributed by atoms with van der Waals surface area (Å²) in [6, 6.07) is 17.1. The number of ether oxygens (including phenoxy) is 1. The molecular weight excluding hydrogens is 336 g/mol. The summed E-state index contributed by atoms with van der Waals surface area (Å²) in [6.45, 7) is -0.232. The van der Waals surface area contributed by atoms with Crippen molar-refractivity contribution in [3.05, 3.63) is 60.2 Å². The van der Waals surface area contributed by atoms with Crippen LogP contribution >= 0.6 is 12.2 Å². The second-order valence-corrected chi connectivity index (χ2v) is 5.79. The fourth-order valence-electron chi connectivity index (χ4n) is 2.54. The number of rotatable bonds is 5. The molecule has 0 saturated heterocycles. The first-order chi connectivity index (χ1) is 12.1. The van der Waals surface area contributed by atoms with Crippen LogP contribution in [0.3, 0.4) is 0 Å². The van der Waals surface area contributed by atoms with Gasteiger partial charge in [0.1, 0.15) is 17.3 Å². The van der Waals surface area contributed by atoms with Crippen molar-refractivity contribution < 1.29 is 14.6 Å². The third-order valence-corrected chi connectivity index (χ3v) is 4.09. The number of methoxy groups -OCH3 is 1.